The van der Waals surface area contributed by atoms with Gasteiger partial charge in [-0.1, -0.05) is 26.7 Å². The van der Waals surface area contributed by atoms with E-state index >= 15 is 0 Å². The monoisotopic (exact) mass is 350 g/mol. The van der Waals surface area contributed by atoms with Gasteiger partial charge in [-0.15, -0.1) is 0 Å². The quantitative estimate of drug-likeness (QED) is 0.545. The Bertz CT molecular complexity index is 519. The van der Waals surface area contributed by atoms with Gasteiger partial charge in [-0.25, -0.2) is 0 Å². The molecule has 1 aliphatic rings. The van der Waals surface area contributed by atoms with Crippen LogP contribution in [0.25, 0.3) is 0 Å². The number of hydrogen-bond donors (Lipinski definition) is 2. The van der Waals surface area contributed by atoms with Crippen molar-refractivity contribution in [3.05, 3.63) is 18.0 Å². The lowest BCUT2D eigenvalue weighted by atomic mass is 9.92. The topological polar surface area (TPSA) is 66.7 Å². The molecule has 0 aliphatic carbocycles. The highest BCUT2D eigenvalue weighted by Gasteiger charge is 2.26. The van der Waals surface area contributed by atoms with Gasteiger partial charge in [0.2, 0.25) is 0 Å². The van der Waals surface area contributed by atoms with Crippen LogP contribution in [-0.2, 0) is 18.3 Å². The number of aryl methyl sites for hydroxylation is 1. The van der Waals surface area contributed by atoms with E-state index in [1.54, 1.807) is 0 Å². The predicted molar refractivity (Wildman–Crippen MR) is 102 cm³/mol. The van der Waals surface area contributed by atoms with E-state index in [1.807, 2.05) is 31.0 Å². The molecule has 2 heterocycles. The highest BCUT2D eigenvalue weighted by molar-refractivity contribution is 5.79. The average Bonchev–Trinajstić information content (AvgIpc) is 3.06. The average molecular weight is 351 g/mol. The Morgan fingerprint density at radius 3 is 2.56 bits per heavy atom. The molecule has 25 heavy (non-hydrogen) atoms. The van der Waals surface area contributed by atoms with E-state index < -0.39 is 0 Å². The summed E-state index contributed by atoms with van der Waals surface area (Å²) in [5.41, 5.74) is 1.13. The Kier molecular flexibility index (Phi) is 8.21. The molecule has 1 fully saturated rings. The highest BCUT2D eigenvalue weighted by Crippen LogP contribution is 2.19. The minimum absolute atomic E-state index is 0.508. The van der Waals surface area contributed by atoms with Gasteiger partial charge in [-0.05, 0) is 12.0 Å². The summed E-state index contributed by atoms with van der Waals surface area (Å²) >= 11 is 0. The van der Waals surface area contributed by atoms with Crippen LogP contribution < -0.4 is 10.6 Å². The number of guanidine groups is 1. The standard InChI is InChI=1S/C18H34N6O/c1-5-15(6-2)17(24-9-11-25-12-10-24)14-21-18(19-3)20-13-16-7-8-22-23(16)4/h7-8,15,17H,5-6,9-14H2,1-4H3,(H2,19,20,21). The summed E-state index contributed by atoms with van der Waals surface area (Å²) in [6, 6.07) is 2.52. The van der Waals surface area contributed by atoms with Crippen molar-refractivity contribution in [1.29, 1.82) is 0 Å². The second-order valence-corrected chi connectivity index (χ2v) is 6.55. The Labute approximate surface area is 151 Å². The third kappa shape index (κ3) is 5.71. The third-order valence-corrected chi connectivity index (χ3v) is 5.17. The van der Waals surface area contributed by atoms with Gasteiger partial charge in [0.25, 0.3) is 0 Å². The zero-order valence-electron chi connectivity index (χ0n) is 16.2. The molecule has 7 nitrogen and oxygen atoms in total. The predicted octanol–water partition coefficient (Wildman–Crippen LogP) is 1.22. The number of ether oxygens (including phenoxy) is 1. The first-order valence-electron chi connectivity index (χ1n) is 9.42. The Morgan fingerprint density at radius 2 is 2.00 bits per heavy atom. The number of nitrogens with zero attached hydrogens (tertiary/aromatic N) is 4. The Hall–Kier alpha value is -1.60. The largest absolute Gasteiger partial charge is 0.379 e. The molecule has 7 heteroatoms. The first-order chi connectivity index (χ1) is 12.2. The van der Waals surface area contributed by atoms with Gasteiger partial charge in [0, 0.05) is 46.0 Å². The van der Waals surface area contributed by atoms with Crippen molar-refractivity contribution in [2.45, 2.75) is 39.3 Å². The van der Waals surface area contributed by atoms with Gasteiger partial charge < -0.3 is 15.4 Å². The second kappa shape index (κ2) is 10.4. The van der Waals surface area contributed by atoms with Gasteiger partial charge in [-0.2, -0.15) is 5.10 Å². The Morgan fingerprint density at radius 1 is 1.28 bits per heavy atom. The maximum atomic E-state index is 5.53. The molecular formula is C18H34N6O. The first-order valence-corrected chi connectivity index (χ1v) is 9.42. The molecule has 0 radical (unpaired) electrons. The van der Waals surface area contributed by atoms with Gasteiger partial charge in [0.15, 0.2) is 5.96 Å². The second-order valence-electron chi connectivity index (χ2n) is 6.55. The summed E-state index contributed by atoms with van der Waals surface area (Å²) in [5, 5.41) is 11.1. The molecule has 1 unspecified atom stereocenters. The van der Waals surface area contributed by atoms with Crippen molar-refractivity contribution in [2.24, 2.45) is 18.0 Å². The molecule has 0 amide bonds. The van der Waals surface area contributed by atoms with Crippen molar-refractivity contribution >= 4 is 5.96 Å². The minimum atomic E-state index is 0.508. The normalized spacial score (nSPS) is 17.7. The molecule has 2 N–H and O–H groups in total. The minimum Gasteiger partial charge on any atom is -0.379 e. The number of hydrogen-bond acceptors (Lipinski definition) is 4. The number of rotatable bonds is 8. The van der Waals surface area contributed by atoms with E-state index in [2.05, 4.69) is 39.5 Å². The van der Waals surface area contributed by atoms with Gasteiger partial charge in [-0.3, -0.25) is 14.6 Å². The maximum absolute atomic E-state index is 5.53. The smallest absolute Gasteiger partial charge is 0.191 e. The zero-order valence-corrected chi connectivity index (χ0v) is 16.2. The molecule has 142 valence electrons. The lowest BCUT2D eigenvalue weighted by Gasteiger charge is -2.39. The summed E-state index contributed by atoms with van der Waals surface area (Å²) in [6.45, 7) is 9.90. The van der Waals surface area contributed by atoms with Crippen LogP contribution in [0.15, 0.2) is 17.3 Å². The molecule has 2 rings (SSSR count). The van der Waals surface area contributed by atoms with Crippen LogP contribution in [0.3, 0.4) is 0 Å². The van der Waals surface area contributed by atoms with Crippen LogP contribution in [0.2, 0.25) is 0 Å². The lowest BCUT2D eigenvalue weighted by molar-refractivity contribution is 0.00272. The summed E-state index contributed by atoms with van der Waals surface area (Å²) in [4.78, 5) is 6.94. The number of nitrogens with one attached hydrogen (secondary N) is 2. The van der Waals surface area contributed by atoms with Crippen LogP contribution in [-0.4, -0.2) is 66.6 Å². The summed E-state index contributed by atoms with van der Waals surface area (Å²) in [7, 11) is 3.77. The van der Waals surface area contributed by atoms with E-state index in [1.165, 1.54) is 12.8 Å². The summed E-state index contributed by atoms with van der Waals surface area (Å²) in [5.74, 6) is 1.52. The molecule has 1 aromatic rings. The van der Waals surface area contributed by atoms with E-state index in [0.717, 1.165) is 44.5 Å². The van der Waals surface area contributed by atoms with Crippen molar-refractivity contribution in [3.63, 3.8) is 0 Å². The molecule has 1 saturated heterocycles. The van der Waals surface area contributed by atoms with E-state index in [-0.39, 0.29) is 0 Å². The van der Waals surface area contributed by atoms with Gasteiger partial charge in [0.1, 0.15) is 0 Å². The van der Waals surface area contributed by atoms with Crippen molar-refractivity contribution in [1.82, 2.24) is 25.3 Å². The van der Waals surface area contributed by atoms with Crippen LogP contribution in [0.5, 0.6) is 0 Å². The van der Waals surface area contributed by atoms with Gasteiger partial charge in [0.05, 0.1) is 25.5 Å². The van der Waals surface area contributed by atoms with Crippen LogP contribution >= 0.6 is 0 Å². The van der Waals surface area contributed by atoms with E-state index in [0.29, 0.717) is 18.5 Å². The molecule has 1 atom stereocenters. The summed E-state index contributed by atoms with van der Waals surface area (Å²) in [6.07, 6.45) is 4.21. The molecule has 1 aliphatic heterocycles. The fraction of sp³-hybridized carbons (Fsp3) is 0.778. The van der Waals surface area contributed by atoms with Crippen LogP contribution in [0, 0.1) is 5.92 Å². The fourth-order valence-corrected chi connectivity index (χ4v) is 3.51. The third-order valence-electron chi connectivity index (χ3n) is 5.17. The zero-order chi connectivity index (χ0) is 18.1. The highest BCUT2D eigenvalue weighted by atomic mass is 16.5. The molecule has 1 aromatic heterocycles. The molecule has 0 bridgehead atoms. The SMILES string of the molecule is CCC(CC)C(CNC(=NC)NCc1ccnn1C)N1CCOCC1. The van der Waals surface area contributed by atoms with E-state index in [4.69, 9.17) is 4.74 Å². The maximum Gasteiger partial charge on any atom is 0.191 e. The fourth-order valence-electron chi connectivity index (χ4n) is 3.51. The first kappa shape index (κ1) is 19.7. The number of morpholine rings is 1. The molecule has 0 aromatic carbocycles. The van der Waals surface area contributed by atoms with Crippen molar-refractivity contribution in [3.8, 4) is 0 Å². The number of aromatic nitrogens is 2. The van der Waals surface area contributed by atoms with Crippen molar-refractivity contribution in [2.75, 3.05) is 39.9 Å². The molecule has 0 spiro atoms. The number of aliphatic imine (C=N–C) groups is 1. The summed E-state index contributed by atoms with van der Waals surface area (Å²) < 4.78 is 7.40. The lowest BCUT2D eigenvalue weighted by Crippen LogP contribution is -2.53. The molecular weight excluding hydrogens is 316 g/mol. The van der Waals surface area contributed by atoms with Gasteiger partial charge >= 0.3 is 0 Å². The van der Waals surface area contributed by atoms with E-state index in [9.17, 15) is 0 Å². The Balaban J connectivity index is 1.91. The van der Waals surface area contributed by atoms with Crippen LogP contribution in [0.4, 0.5) is 0 Å². The molecule has 0 saturated carbocycles. The van der Waals surface area contributed by atoms with Crippen LogP contribution in [0.1, 0.15) is 32.4 Å². The van der Waals surface area contributed by atoms with Crippen molar-refractivity contribution < 1.29 is 4.74 Å².